The molecule has 0 radical (unpaired) electrons. The number of hydrogen-bond donors (Lipinski definition) is 4. The lowest BCUT2D eigenvalue weighted by atomic mass is 9.41. The van der Waals surface area contributed by atoms with Gasteiger partial charge in [0.05, 0.1) is 22.5 Å². The lowest BCUT2D eigenvalue weighted by Gasteiger charge is -2.67. The summed E-state index contributed by atoms with van der Waals surface area (Å²) in [5, 5.41) is 43.6. The standard InChI is InChI=1S/C29H32O13S/c1-26-14-28(34)19-12-29(26,27(19,25(41-26)42-28)15-37-23(33)16-8-4-2-5-9-16)40-24-22(32)21(31)20(30)18(39-24)13-38-43(35,36)17-10-6-3-7-11-17/h2-11,18-22,24-25,30-32,34H,12-15H2,1H3/t18-,19-,20-,21+,22-,24+,25-,26+,27+,28-,29+/m1/s1. The minimum atomic E-state index is -4.23. The van der Waals surface area contributed by atoms with Crippen molar-refractivity contribution in [1.29, 1.82) is 0 Å². The third-order valence-corrected chi connectivity index (χ3v) is 11.1. The van der Waals surface area contributed by atoms with E-state index in [1.807, 2.05) is 0 Å². The fourth-order valence-electron chi connectivity index (χ4n) is 7.67. The Hall–Kier alpha value is -2.50. The fraction of sp³-hybridized carbons (Fsp3) is 0.552. The van der Waals surface area contributed by atoms with Gasteiger partial charge in [0.25, 0.3) is 10.1 Å². The molecule has 0 spiro atoms. The van der Waals surface area contributed by atoms with Crippen molar-refractivity contribution in [1.82, 2.24) is 0 Å². The van der Waals surface area contributed by atoms with E-state index in [0.29, 0.717) is 5.56 Å². The highest BCUT2D eigenvalue weighted by atomic mass is 32.2. The first-order valence-corrected chi connectivity index (χ1v) is 15.4. The van der Waals surface area contributed by atoms with Crippen molar-refractivity contribution in [2.24, 2.45) is 11.3 Å². The van der Waals surface area contributed by atoms with Gasteiger partial charge in [-0.1, -0.05) is 36.4 Å². The van der Waals surface area contributed by atoms with Crippen molar-refractivity contribution in [2.75, 3.05) is 13.2 Å². The molecule has 4 aliphatic heterocycles. The molecule has 4 N–H and O–H groups in total. The number of rotatable bonds is 9. The highest BCUT2D eigenvalue weighted by Gasteiger charge is 2.94. The maximum Gasteiger partial charge on any atom is 0.338 e. The molecule has 2 aromatic carbocycles. The lowest BCUT2D eigenvalue weighted by molar-refractivity contribution is -0.424. The Morgan fingerprint density at radius 3 is 2.35 bits per heavy atom. The third-order valence-electron chi connectivity index (χ3n) is 9.81. The molecular formula is C29H32O13S. The van der Waals surface area contributed by atoms with Gasteiger partial charge in [-0.2, -0.15) is 8.42 Å². The van der Waals surface area contributed by atoms with Gasteiger partial charge in [-0.15, -0.1) is 0 Å². The van der Waals surface area contributed by atoms with E-state index in [2.05, 4.69) is 0 Å². The molecule has 7 fully saturated rings. The molecule has 14 heteroatoms. The molecule has 0 unspecified atom stereocenters. The summed E-state index contributed by atoms with van der Waals surface area (Å²) < 4.78 is 60.7. The summed E-state index contributed by atoms with van der Waals surface area (Å²) in [4.78, 5) is 12.8. The Balaban J connectivity index is 1.14. The Kier molecular flexibility index (Phi) is 6.63. The van der Waals surface area contributed by atoms with E-state index in [9.17, 15) is 33.6 Å². The van der Waals surface area contributed by atoms with Gasteiger partial charge < -0.3 is 44.1 Å². The fourth-order valence-corrected chi connectivity index (χ4v) is 8.61. The minimum Gasteiger partial charge on any atom is -0.461 e. The van der Waals surface area contributed by atoms with E-state index in [1.165, 1.54) is 24.3 Å². The maximum atomic E-state index is 12.9. The van der Waals surface area contributed by atoms with Crippen LogP contribution in [0.5, 0.6) is 0 Å². The Bertz CT molecular complexity index is 1510. The number of carbonyl (C=O) groups excluding carboxylic acids is 1. The normalized spacial score (nSPS) is 44.3. The molecule has 0 amide bonds. The summed E-state index contributed by atoms with van der Waals surface area (Å²) in [6.45, 7) is 0.789. The van der Waals surface area contributed by atoms with Crippen LogP contribution in [-0.4, -0.2) is 102 Å². The molecule has 3 saturated carbocycles. The molecule has 11 atom stereocenters. The van der Waals surface area contributed by atoms with Gasteiger partial charge in [0.2, 0.25) is 0 Å². The van der Waals surface area contributed by atoms with E-state index >= 15 is 0 Å². The largest absolute Gasteiger partial charge is 0.461 e. The minimum absolute atomic E-state index is 0.0192. The molecule has 7 aliphatic rings. The van der Waals surface area contributed by atoms with Crippen LogP contribution in [0.15, 0.2) is 65.6 Å². The predicted molar refractivity (Wildman–Crippen MR) is 141 cm³/mol. The molecule has 2 aromatic rings. The molecule has 0 aromatic heterocycles. The van der Waals surface area contributed by atoms with Crippen molar-refractivity contribution in [3.8, 4) is 0 Å². The van der Waals surface area contributed by atoms with Crippen LogP contribution in [0.2, 0.25) is 0 Å². The molecule has 4 saturated heterocycles. The number of aliphatic hydroxyl groups excluding tert-OH is 3. The van der Waals surface area contributed by atoms with Gasteiger partial charge in [0, 0.05) is 12.3 Å². The van der Waals surface area contributed by atoms with Crippen LogP contribution in [0.4, 0.5) is 0 Å². The van der Waals surface area contributed by atoms with E-state index in [1.54, 1.807) is 43.3 Å². The molecule has 13 nitrogen and oxygen atoms in total. The zero-order chi connectivity index (χ0) is 30.4. The summed E-state index contributed by atoms with van der Waals surface area (Å²) in [6, 6.07) is 15.7. The van der Waals surface area contributed by atoms with E-state index in [0.717, 1.165) is 0 Å². The van der Waals surface area contributed by atoms with Crippen LogP contribution in [0, 0.1) is 11.3 Å². The zero-order valence-electron chi connectivity index (χ0n) is 23.0. The first-order chi connectivity index (χ1) is 20.4. The van der Waals surface area contributed by atoms with Gasteiger partial charge in [-0.25, -0.2) is 4.79 Å². The Morgan fingerprint density at radius 2 is 1.65 bits per heavy atom. The first kappa shape index (κ1) is 29.2. The van der Waals surface area contributed by atoms with Gasteiger partial charge in [-0.3, -0.25) is 4.18 Å². The average Bonchev–Trinajstić information content (AvgIpc) is 3.18. The van der Waals surface area contributed by atoms with Crippen molar-refractivity contribution < 1.29 is 61.5 Å². The van der Waals surface area contributed by atoms with Gasteiger partial charge in [0.1, 0.15) is 42.2 Å². The van der Waals surface area contributed by atoms with Crippen LogP contribution in [-0.2, 0) is 38.0 Å². The first-order valence-electron chi connectivity index (χ1n) is 14.0. The van der Waals surface area contributed by atoms with E-state index < -0.39 is 88.0 Å². The third kappa shape index (κ3) is 4.02. The summed E-state index contributed by atoms with van der Waals surface area (Å²) in [5.41, 5.74) is -3.36. The quantitative estimate of drug-likeness (QED) is 0.218. The van der Waals surface area contributed by atoms with Gasteiger partial charge in [-0.05, 0) is 37.6 Å². The second-order valence-electron chi connectivity index (χ2n) is 12.1. The molecule has 3 aliphatic carbocycles. The highest BCUT2D eigenvalue weighted by Crippen LogP contribution is 2.81. The second-order valence-corrected chi connectivity index (χ2v) is 13.7. The Labute approximate surface area is 247 Å². The smallest absolute Gasteiger partial charge is 0.338 e. The molecule has 43 heavy (non-hydrogen) atoms. The number of hydrogen-bond acceptors (Lipinski definition) is 13. The topological polar surface area (TPSA) is 188 Å². The van der Waals surface area contributed by atoms with E-state index in [-0.39, 0.29) is 24.3 Å². The van der Waals surface area contributed by atoms with Crippen LogP contribution in [0.1, 0.15) is 30.1 Å². The average molecular weight is 621 g/mol. The molecule has 232 valence electrons. The maximum absolute atomic E-state index is 12.9. The summed E-state index contributed by atoms with van der Waals surface area (Å²) >= 11 is 0. The van der Waals surface area contributed by atoms with Crippen LogP contribution in [0.3, 0.4) is 0 Å². The Morgan fingerprint density at radius 1 is 0.977 bits per heavy atom. The SMILES string of the molecule is C[C@@]12C[C@@]3(O)O[C@@H](O1)[C@]1(COC(=O)c4ccccc4)[C@H]3C[C@@]12O[C@@H]1O[C@H](COS(=O)(=O)c2ccccc2)[C@@H](O)[C@H](O)[C@H]1O. The summed E-state index contributed by atoms with van der Waals surface area (Å²) in [5.74, 6) is -2.70. The highest BCUT2D eigenvalue weighted by molar-refractivity contribution is 7.86. The molecule has 6 bridgehead atoms. The second kappa shape index (κ2) is 9.75. The number of aliphatic hydroxyl groups is 4. The summed E-state index contributed by atoms with van der Waals surface area (Å²) in [7, 11) is -4.23. The van der Waals surface area contributed by atoms with Crippen LogP contribution < -0.4 is 0 Å². The van der Waals surface area contributed by atoms with E-state index in [4.69, 9.17) is 27.9 Å². The van der Waals surface area contributed by atoms with Crippen molar-refractivity contribution >= 4 is 16.1 Å². The molecule has 4 heterocycles. The monoisotopic (exact) mass is 620 g/mol. The summed E-state index contributed by atoms with van der Waals surface area (Å²) in [6.07, 6.45) is -9.04. The number of carbonyl (C=O) groups is 1. The van der Waals surface area contributed by atoms with Gasteiger partial charge in [0.15, 0.2) is 18.4 Å². The number of benzene rings is 2. The lowest BCUT2D eigenvalue weighted by Crippen LogP contribution is -2.80. The zero-order valence-corrected chi connectivity index (χ0v) is 23.8. The van der Waals surface area contributed by atoms with Gasteiger partial charge >= 0.3 is 5.97 Å². The van der Waals surface area contributed by atoms with Crippen LogP contribution in [0.25, 0.3) is 0 Å². The number of esters is 1. The predicted octanol–water partition coefficient (Wildman–Crippen LogP) is 0.0557. The van der Waals surface area contributed by atoms with Crippen molar-refractivity contribution in [3.63, 3.8) is 0 Å². The van der Waals surface area contributed by atoms with Crippen molar-refractivity contribution in [3.05, 3.63) is 66.2 Å². The molecule has 9 rings (SSSR count). The molecular weight excluding hydrogens is 588 g/mol. The van der Waals surface area contributed by atoms with Crippen molar-refractivity contribution in [2.45, 2.75) is 78.6 Å². The number of ether oxygens (including phenoxy) is 5. The van der Waals surface area contributed by atoms with Crippen LogP contribution >= 0.6 is 0 Å².